The molecule has 9 heteroatoms. The number of hydrogen-bond donors (Lipinski definition) is 3. The number of carbonyl (C=O) groups is 2. The molecule has 1 amide bonds. The Hall–Kier alpha value is -3.75. The van der Waals surface area contributed by atoms with Crippen molar-refractivity contribution >= 4 is 34.5 Å². The molecule has 4 aromatic rings. The number of hydrogen-bond acceptors (Lipinski definition) is 6. The first-order chi connectivity index (χ1) is 16.9. The number of halogens is 1. The molecule has 0 saturated heterocycles. The summed E-state index contributed by atoms with van der Waals surface area (Å²) in [6, 6.07) is 20.5. The molecule has 3 aromatic carbocycles. The van der Waals surface area contributed by atoms with E-state index in [0.29, 0.717) is 28.0 Å². The molecular formula is C26H25ClN4O4. The molecule has 0 spiro atoms. The van der Waals surface area contributed by atoms with Gasteiger partial charge in [0.1, 0.15) is 11.0 Å². The second-order valence-corrected chi connectivity index (χ2v) is 8.51. The highest BCUT2D eigenvalue weighted by molar-refractivity contribution is 6.35. The van der Waals surface area contributed by atoms with Crippen molar-refractivity contribution in [2.45, 2.75) is 31.9 Å². The third-order valence-electron chi connectivity index (χ3n) is 5.60. The van der Waals surface area contributed by atoms with Crippen LogP contribution in [0.5, 0.6) is 0 Å². The van der Waals surface area contributed by atoms with Crippen molar-refractivity contribution in [3.8, 4) is 11.1 Å². The van der Waals surface area contributed by atoms with Gasteiger partial charge in [0.15, 0.2) is 6.10 Å². The first kappa shape index (κ1) is 24.4. The molecule has 0 aliphatic heterocycles. The predicted octanol–water partition coefficient (Wildman–Crippen LogP) is 3.93. The van der Waals surface area contributed by atoms with E-state index in [-0.39, 0.29) is 13.0 Å². The Bertz CT molecular complexity index is 1310. The third-order valence-corrected chi connectivity index (χ3v) is 5.89. The van der Waals surface area contributed by atoms with E-state index in [4.69, 9.17) is 16.3 Å². The number of ether oxygens (including phenoxy) is 1. The number of H-pyrrole nitrogens is 1. The van der Waals surface area contributed by atoms with E-state index in [1.807, 2.05) is 54.6 Å². The van der Waals surface area contributed by atoms with Crippen LogP contribution in [0.1, 0.15) is 29.3 Å². The minimum atomic E-state index is -1.37. The molecule has 180 valence electrons. The maximum absolute atomic E-state index is 13.1. The van der Waals surface area contributed by atoms with Crippen LogP contribution in [0.4, 0.5) is 0 Å². The topological polar surface area (TPSA) is 117 Å². The quantitative estimate of drug-likeness (QED) is 0.305. The molecule has 1 unspecified atom stereocenters. The Morgan fingerprint density at radius 1 is 1.09 bits per heavy atom. The molecule has 0 aliphatic carbocycles. The lowest BCUT2D eigenvalue weighted by atomic mass is 9.97. The van der Waals surface area contributed by atoms with E-state index in [2.05, 4.69) is 20.7 Å². The Labute approximate surface area is 207 Å². The maximum Gasteiger partial charge on any atom is 0.335 e. The van der Waals surface area contributed by atoms with Crippen molar-refractivity contribution < 1.29 is 19.4 Å². The zero-order valence-electron chi connectivity index (χ0n) is 19.1. The number of aliphatic hydroxyl groups is 1. The summed E-state index contributed by atoms with van der Waals surface area (Å²) in [5, 5.41) is 23.9. The number of rotatable bonds is 9. The van der Waals surface area contributed by atoms with Crippen LogP contribution >= 0.6 is 11.6 Å². The fourth-order valence-corrected chi connectivity index (χ4v) is 4.11. The molecule has 0 saturated carbocycles. The molecule has 0 radical (unpaired) electrons. The zero-order valence-corrected chi connectivity index (χ0v) is 19.8. The van der Waals surface area contributed by atoms with Gasteiger partial charge in [-0.05, 0) is 42.2 Å². The summed E-state index contributed by atoms with van der Waals surface area (Å²) in [4.78, 5) is 25.1. The minimum Gasteiger partial charge on any atom is -0.464 e. The number of fused-ring (bicyclic) bond motifs is 1. The number of carbonyl (C=O) groups excluding carboxylic acids is 2. The minimum absolute atomic E-state index is 0.00898. The number of aromatic amines is 1. The summed E-state index contributed by atoms with van der Waals surface area (Å²) in [7, 11) is 0. The predicted molar refractivity (Wildman–Crippen MR) is 133 cm³/mol. The van der Waals surface area contributed by atoms with Gasteiger partial charge in [-0.2, -0.15) is 0 Å². The lowest BCUT2D eigenvalue weighted by Crippen LogP contribution is -2.41. The van der Waals surface area contributed by atoms with Gasteiger partial charge in [0.05, 0.1) is 11.6 Å². The van der Waals surface area contributed by atoms with Gasteiger partial charge in [0.2, 0.25) is 0 Å². The highest BCUT2D eigenvalue weighted by Crippen LogP contribution is 2.23. The van der Waals surface area contributed by atoms with Gasteiger partial charge in [-0.3, -0.25) is 9.89 Å². The Kier molecular flexibility index (Phi) is 7.74. The Morgan fingerprint density at radius 2 is 1.80 bits per heavy atom. The van der Waals surface area contributed by atoms with Gasteiger partial charge in [0, 0.05) is 18.0 Å². The number of aromatic nitrogens is 3. The van der Waals surface area contributed by atoms with Crippen molar-refractivity contribution in [3.05, 3.63) is 82.9 Å². The van der Waals surface area contributed by atoms with Crippen LogP contribution in [0, 0.1) is 0 Å². The Morgan fingerprint density at radius 3 is 2.51 bits per heavy atom. The van der Waals surface area contributed by atoms with Crippen LogP contribution in [0.2, 0.25) is 5.02 Å². The molecule has 4 rings (SSSR count). The van der Waals surface area contributed by atoms with Gasteiger partial charge >= 0.3 is 5.97 Å². The van der Waals surface area contributed by atoms with Crippen LogP contribution in [-0.4, -0.2) is 51.1 Å². The van der Waals surface area contributed by atoms with Crippen molar-refractivity contribution in [1.29, 1.82) is 0 Å². The molecule has 3 N–H and O–H groups in total. The van der Waals surface area contributed by atoms with Crippen LogP contribution < -0.4 is 5.32 Å². The van der Waals surface area contributed by atoms with E-state index in [0.717, 1.165) is 16.7 Å². The summed E-state index contributed by atoms with van der Waals surface area (Å²) >= 11 is 6.25. The van der Waals surface area contributed by atoms with Crippen molar-refractivity contribution in [2.24, 2.45) is 0 Å². The monoisotopic (exact) mass is 492 g/mol. The summed E-state index contributed by atoms with van der Waals surface area (Å²) in [5.41, 5.74) is 4.40. The van der Waals surface area contributed by atoms with Crippen LogP contribution in [0.15, 0.2) is 66.7 Å². The molecule has 8 nitrogen and oxygen atoms in total. The molecule has 0 aliphatic rings. The number of esters is 1. The second-order valence-electron chi connectivity index (χ2n) is 8.11. The summed E-state index contributed by atoms with van der Waals surface area (Å²) in [6.07, 6.45) is -0.979. The van der Waals surface area contributed by atoms with Gasteiger partial charge < -0.3 is 15.2 Å². The van der Waals surface area contributed by atoms with Gasteiger partial charge in [0.25, 0.3) is 5.91 Å². The molecule has 35 heavy (non-hydrogen) atoms. The number of nitrogens with one attached hydrogen (secondary N) is 2. The number of benzene rings is 3. The highest BCUT2D eigenvalue weighted by atomic mass is 35.5. The summed E-state index contributed by atoms with van der Waals surface area (Å²) < 4.78 is 4.93. The second kappa shape index (κ2) is 11.1. The van der Waals surface area contributed by atoms with Gasteiger partial charge in [-0.15, -0.1) is 5.10 Å². The molecule has 0 fully saturated rings. The van der Waals surface area contributed by atoms with E-state index in [9.17, 15) is 14.7 Å². The van der Waals surface area contributed by atoms with Crippen molar-refractivity contribution in [1.82, 2.24) is 20.7 Å². The number of amides is 1. The number of aliphatic hydroxyl groups excluding tert-OH is 1. The molecule has 2 atom stereocenters. The van der Waals surface area contributed by atoms with Gasteiger partial charge in [-0.25, -0.2) is 4.79 Å². The number of nitrogens with zero attached hydrogens (tertiary/aromatic N) is 2. The first-order valence-electron chi connectivity index (χ1n) is 11.2. The average molecular weight is 493 g/mol. The average Bonchev–Trinajstić information content (AvgIpc) is 3.34. The Balaban J connectivity index is 1.53. The van der Waals surface area contributed by atoms with Crippen LogP contribution in [0.25, 0.3) is 22.2 Å². The largest absolute Gasteiger partial charge is 0.464 e. The normalized spacial score (nSPS) is 12.8. The fraction of sp³-hybridized carbons (Fsp3) is 0.231. The molecule has 0 bridgehead atoms. The maximum atomic E-state index is 13.1. The van der Waals surface area contributed by atoms with E-state index < -0.39 is 24.0 Å². The third kappa shape index (κ3) is 6.03. The van der Waals surface area contributed by atoms with E-state index in [1.54, 1.807) is 13.0 Å². The van der Waals surface area contributed by atoms with E-state index in [1.165, 1.54) is 6.07 Å². The first-order valence-corrected chi connectivity index (χ1v) is 11.6. The SMILES string of the molecule is CCOC(=O)[C@H](O)CC(Cc1ccc(-c2ccccc2)cc1)NC(=O)c1cc(Cl)c2[nH]nnc2c1. The lowest BCUT2D eigenvalue weighted by molar-refractivity contribution is -0.153. The van der Waals surface area contributed by atoms with Crippen LogP contribution in [-0.2, 0) is 16.0 Å². The van der Waals surface area contributed by atoms with E-state index >= 15 is 0 Å². The lowest BCUT2D eigenvalue weighted by Gasteiger charge is -2.21. The highest BCUT2D eigenvalue weighted by Gasteiger charge is 2.24. The van der Waals surface area contributed by atoms with Crippen molar-refractivity contribution in [3.63, 3.8) is 0 Å². The molecule has 1 aromatic heterocycles. The molecular weight excluding hydrogens is 468 g/mol. The molecule has 1 heterocycles. The zero-order chi connectivity index (χ0) is 24.8. The smallest absolute Gasteiger partial charge is 0.335 e. The summed E-state index contributed by atoms with van der Waals surface area (Å²) in [6.45, 7) is 1.83. The van der Waals surface area contributed by atoms with Crippen LogP contribution in [0.3, 0.4) is 0 Å². The van der Waals surface area contributed by atoms with Crippen molar-refractivity contribution in [2.75, 3.05) is 6.61 Å². The van der Waals surface area contributed by atoms with Gasteiger partial charge in [-0.1, -0.05) is 71.4 Å². The fourth-order valence-electron chi connectivity index (χ4n) is 3.86. The standard InChI is InChI=1S/C26H25ClN4O4/c1-2-35-26(34)23(32)15-20(12-16-8-10-18(11-9-16)17-6-4-3-5-7-17)28-25(33)19-13-21(27)24-22(14-19)29-31-30-24/h3-11,13-14,20,23,32H,2,12,15H2,1H3,(H,28,33)(H,29,30,31)/t20?,23-/m1/s1. The summed E-state index contributed by atoms with van der Waals surface area (Å²) in [5.74, 6) is -1.13.